The van der Waals surface area contributed by atoms with Crippen LogP contribution in [0.15, 0.2) is 42.5 Å². The highest BCUT2D eigenvalue weighted by atomic mass is 19.2. The van der Waals surface area contributed by atoms with E-state index in [4.69, 9.17) is 6.42 Å². The van der Waals surface area contributed by atoms with Gasteiger partial charge in [0.1, 0.15) is 0 Å². The molecule has 0 atom stereocenters. The second-order valence-corrected chi connectivity index (χ2v) is 4.75. The van der Waals surface area contributed by atoms with Crippen LogP contribution in [-0.4, -0.2) is 0 Å². The molecule has 2 aromatic carbocycles. The summed E-state index contributed by atoms with van der Waals surface area (Å²) in [4.78, 5) is 0. The molecule has 0 saturated heterocycles. The quantitative estimate of drug-likeness (QED) is 0.813. The van der Waals surface area contributed by atoms with Crippen LogP contribution in [0.1, 0.15) is 16.7 Å². The van der Waals surface area contributed by atoms with Crippen LogP contribution in [0.4, 0.5) is 8.78 Å². The summed E-state index contributed by atoms with van der Waals surface area (Å²) in [6.07, 6.45) is 5.20. The number of terminal acetylenes is 1. The molecule has 106 valence electrons. The van der Waals surface area contributed by atoms with Gasteiger partial charge in [-0.25, -0.2) is 8.78 Å². The number of nitriles is 2. The molecule has 0 saturated carbocycles. The number of hydrogen-bond acceptors (Lipinski definition) is 2. The van der Waals surface area contributed by atoms with Gasteiger partial charge in [-0.1, -0.05) is 30.2 Å². The first-order valence-electron chi connectivity index (χ1n) is 6.39. The summed E-state index contributed by atoms with van der Waals surface area (Å²) in [5, 5.41) is 18.8. The van der Waals surface area contributed by atoms with Gasteiger partial charge in [-0.2, -0.15) is 10.5 Å². The van der Waals surface area contributed by atoms with E-state index in [2.05, 4.69) is 5.92 Å². The number of halogens is 2. The first-order valence-corrected chi connectivity index (χ1v) is 6.39. The summed E-state index contributed by atoms with van der Waals surface area (Å²) < 4.78 is 27.4. The highest BCUT2D eigenvalue weighted by Crippen LogP contribution is 2.30. The molecule has 2 aromatic rings. The van der Waals surface area contributed by atoms with Crippen molar-refractivity contribution in [1.29, 1.82) is 10.5 Å². The Balaban J connectivity index is 2.50. The predicted molar refractivity (Wildman–Crippen MR) is 77.3 cm³/mol. The highest BCUT2D eigenvalue weighted by Gasteiger charge is 2.36. The lowest BCUT2D eigenvalue weighted by Crippen LogP contribution is -2.27. The van der Waals surface area contributed by atoms with E-state index < -0.39 is 17.0 Å². The maximum atomic E-state index is 14.0. The maximum Gasteiger partial charge on any atom is 0.175 e. The van der Waals surface area contributed by atoms with Crippen molar-refractivity contribution in [1.82, 2.24) is 0 Å². The Labute approximate surface area is 127 Å². The average Bonchev–Trinajstić information content (AvgIpc) is 2.56. The van der Waals surface area contributed by atoms with Crippen molar-refractivity contribution in [2.45, 2.75) is 11.8 Å². The van der Waals surface area contributed by atoms with Gasteiger partial charge < -0.3 is 0 Å². The minimum atomic E-state index is -1.80. The van der Waals surface area contributed by atoms with Crippen molar-refractivity contribution in [3.63, 3.8) is 0 Å². The van der Waals surface area contributed by atoms with Crippen molar-refractivity contribution in [3.05, 3.63) is 70.8 Å². The van der Waals surface area contributed by atoms with Gasteiger partial charge in [-0.05, 0) is 23.8 Å². The standard InChI is InChI=1S/C18H10F2N2/c1-2-13-6-8-14(9-7-13)10-18(11-21,12-22)15-4-3-5-16(19)17(15)20/h1,3-9H,10H2. The van der Waals surface area contributed by atoms with Gasteiger partial charge in [0.05, 0.1) is 12.1 Å². The van der Waals surface area contributed by atoms with Crippen molar-refractivity contribution >= 4 is 0 Å². The van der Waals surface area contributed by atoms with Gasteiger partial charge in [0, 0.05) is 17.5 Å². The smallest absolute Gasteiger partial charge is 0.175 e. The third-order valence-corrected chi connectivity index (χ3v) is 3.38. The lowest BCUT2D eigenvalue weighted by molar-refractivity contribution is 0.484. The van der Waals surface area contributed by atoms with Gasteiger partial charge in [0.15, 0.2) is 17.0 Å². The van der Waals surface area contributed by atoms with Crippen molar-refractivity contribution in [2.75, 3.05) is 0 Å². The van der Waals surface area contributed by atoms with Crippen LogP contribution in [0.2, 0.25) is 0 Å². The first-order chi connectivity index (χ1) is 10.6. The fraction of sp³-hybridized carbons (Fsp3) is 0.111. The Hall–Kier alpha value is -3.16. The molecule has 0 aromatic heterocycles. The molecule has 0 bridgehead atoms. The third kappa shape index (κ3) is 2.66. The topological polar surface area (TPSA) is 47.6 Å². The molecule has 0 amide bonds. The van der Waals surface area contributed by atoms with Gasteiger partial charge in [-0.15, -0.1) is 6.42 Å². The van der Waals surface area contributed by atoms with Crippen molar-refractivity contribution < 1.29 is 8.78 Å². The largest absolute Gasteiger partial charge is 0.204 e. The van der Waals surface area contributed by atoms with Crippen LogP contribution in [0.5, 0.6) is 0 Å². The van der Waals surface area contributed by atoms with E-state index in [-0.39, 0.29) is 12.0 Å². The molecule has 0 unspecified atom stereocenters. The van der Waals surface area contributed by atoms with E-state index in [1.807, 2.05) is 12.1 Å². The highest BCUT2D eigenvalue weighted by molar-refractivity contribution is 5.44. The summed E-state index contributed by atoms with van der Waals surface area (Å²) >= 11 is 0. The van der Waals surface area contributed by atoms with Gasteiger partial charge >= 0.3 is 0 Å². The van der Waals surface area contributed by atoms with E-state index in [9.17, 15) is 19.3 Å². The second-order valence-electron chi connectivity index (χ2n) is 4.75. The molecule has 0 heterocycles. The molecule has 2 nitrogen and oxygen atoms in total. The van der Waals surface area contributed by atoms with Crippen LogP contribution < -0.4 is 0 Å². The monoisotopic (exact) mass is 292 g/mol. The van der Waals surface area contributed by atoms with E-state index >= 15 is 0 Å². The Kier molecular flexibility index (Phi) is 4.21. The summed E-state index contributed by atoms with van der Waals surface area (Å²) in [7, 11) is 0. The molecule has 2 rings (SSSR count). The molecular formula is C18H10F2N2. The molecule has 0 spiro atoms. The zero-order chi connectivity index (χ0) is 16.2. The molecule has 22 heavy (non-hydrogen) atoms. The lowest BCUT2D eigenvalue weighted by atomic mass is 9.77. The third-order valence-electron chi connectivity index (χ3n) is 3.38. The summed E-state index contributed by atoms with van der Waals surface area (Å²) in [6.45, 7) is 0. The first kappa shape index (κ1) is 15.2. The molecule has 0 N–H and O–H groups in total. The fourth-order valence-corrected chi connectivity index (χ4v) is 2.18. The van der Waals surface area contributed by atoms with E-state index in [1.54, 1.807) is 24.3 Å². The average molecular weight is 292 g/mol. The van der Waals surface area contributed by atoms with Gasteiger partial charge in [0.2, 0.25) is 0 Å². The van der Waals surface area contributed by atoms with Crippen LogP contribution in [0.3, 0.4) is 0 Å². The summed E-state index contributed by atoms with van der Waals surface area (Å²) in [5.41, 5.74) is -0.784. The minimum absolute atomic E-state index is 0.0643. The Morgan fingerprint density at radius 2 is 1.64 bits per heavy atom. The SMILES string of the molecule is C#Cc1ccc(CC(C#N)(C#N)c2cccc(F)c2F)cc1. The van der Waals surface area contributed by atoms with E-state index in [0.717, 1.165) is 6.07 Å². The van der Waals surface area contributed by atoms with E-state index in [1.165, 1.54) is 12.1 Å². The molecule has 0 radical (unpaired) electrons. The number of hydrogen-bond donors (Lipinski definition) is 0. The molecule has 4 heteroatoms. The molecule has 0 aliphatic heterocycles. The lowest BCUT2D eigenvalue weighted by Gasteiger charge is -2.20. The number of benzene rings is 2. The fourth-order valence-electron chi connectivity index (χ4n) is 2.18. The van der Waals surface area contributed by atoms with E-state index in [0.29, 0.717) is 11.1 Å². The predicted octanol–water partition coefficient (Wildman–Crippen LogP) is 3.47. The maximum absolute atomic E-state index is 14.0. The Bertz CT molecular complexity index is 804. The van der Waals surface area contributed by atoms with Crippen molar-refractivity contribution in [3.8, 4) is 24.5 Å². The zero-order valence-corrected chi connectivity index (χ0v) is 11.5. The summed E-state index contributed by atoms with van der Waals surface area (Å²) in [6, 6.07) is 13.8. The normalized spacial score (nSPS) is 10.3. The van der Waals surface area contributed by atoms with Gasteiger partial charge in [0.25, 0.3) is 0 Å². The zero-order valence-electron chi connectivity index (χ0n) is 11.5. The number of nitrogens with zero attached hydrogens (tertiary/aromatic N) is 2. The van der Waals surface area contributed by atoms with Gasteiger partial charge in [-0.3, -0.25) is 0 Å². The van der Waals surface area contributed by atoms with Crippen molar-refractivity contribution in [2.24, 2.45) is 0 Å². The Morgan fingerprint density at radius 1 is 1.00 bits per heavy atom. The molecule has 0 aliphatic carbocycles. The molecule has 0 aliphatic rings. The number of rotatable bonds is 3. The molecular weight excluding hydrogens is 282 g/mol. The minimum Gasteiger partial charge on any atom is -0.204 e. The van der Waals surface area contributed by atoms with Crippen LogP contribution in [0, 0.1) is 46.6 Å². The van der Waals surface area contributed by atoms with Crippen LogP contribution in [-0.2, 0) is 11.8 Å². The Morgan fingerprint density at radius 3 is 2.18 bits per heavy atom. The van der Waals surface area contributed by atoms with Crippen LogP contribution in [0.25, 0.3) is 0 Å². The van der Waals surface area contributed by atoms with Crippen LogP contribution >= 0.6 is 0 Å². The summed E-state index contributed by atoms with van der Waals surface area (Å²) in [5.74, 6) is 0.191. The molecule has 0 fully saturated rings. The second kappa shape index (κ2) is 6.08.